The summed E-state index contributed by atoms with van der Waals surface area (Å²) in [4.78, 5) is 11.9. The van der Waals surface area contributed by atoms with Gasteiger partial charge in [-0.15, -0.1) is 0 Å². The molecule has 0 bridgehead atoms. The average Bonchev–Trinajstić information content (AvgIpc) is 2.22. The van der Waals surface area contributed by atoms with Crippen LogP contribution in [0.15, 0.2) is 22.7 Å². The minimum Gasteiger partial charge on any atom is -0.294 e. The molecule has 1 aromatic carbocycles. The number of carbonyl (C=O) groups excluding carboxylic acids is 1. The fraction of sp³-hybridized carbons (Fsp3) is 0.462. The van der Waals surface area contributed by atoms with Gasteiger partial charge in [-0.2, -0.15) is 13.2 Å². The molecule has 1 nitrogen and oxygen atoms in total. The predicted octanol–water partition coefficient (Wildman–Crippen LogP) is 4.84. The Morgan fingerprint density at radius 2 is 2.00 bits per heavy atom. The van der Waals surface area contributed by atoms with Crippen molar-refractivity contribution < 1.29 is 18.0 Å². The van der Waals surface area contributed by atoms with Crippen LogP contribution in [0, 0.1) is 5.92 Å². The molecule has 1 aliphatic rings. The molecule has 1 saturated carbocycles. The van der Waals surface area contributed by atoms with E-state index in [2.05, 4.69) is 15.9 Å². The van der Waals surface area contributed by atoms with Gasteiger partial charge in [0.05, 0.1) is 5.56 Å². The highest BCUT2D eigenvalue weighted by atomic mass is 79.9. The van der Waals surface area contributed by atoms with Crippen LogP contribution < -0.4 is 0 Å². The molecule has 0 heterocycles. The number of benzene rings is 1. The van der Waals surface area contributed by atoms with E-state index in [1.807, 2.05) is 0 Å². The van der Waals surface area contributed by atoms with Gasteiger partial charge in [-0.05, 0) is 24.1 Å². The molecule has 0 N–H and O–H groups in total. The predicted molar refractivity (Wildman–Crippen MR) is 65.4 cm³/mol. The van der Waals surface area contributed by atoms with Crippen LogP contribution in [0.2, 0.25) is 0 Å². The molecule has 0 atom stereocenters. The summed E-state index contributed by atoms with van der Waals surface area (Å²) in [6.07, 6.45) is -1.29. The Morgan fingerprint density at radius 1 is 1.33 bits per heavy atom. The Hall–Kier alpha value is -0.840. The first-order chi connectivity index (χ1) is 8.38. The number of alkyl halides is 3. The smallest absolute Gasteiger partial charge is 0.294 e. The molecular weight excluding hydrogens is 309 g/mol. The van der Waals surface area contributed by atoms with Crippen LogP contribution in [0.1, 0.15) is 41.6 Å². The normalized spacial score (nSPS) is 16.4. The number of hydrogen-bond acceptors (Lipinski definition) is 1. The summed E-state index contributed by atoms with van der Waals surface area (Å²) in [5, 5.41) is 0. The standard InChI is InChI=1S/C13H12BrF3O/c14-9-4-5-10(11(7-9)13(15,16)17)12(18)6-8-2-1-3-8/h4-5,7-8H,1-3,6H2. The van der Waals surface area contributed by atoms with Gasteiger partial charge >= 0.3 is 6.18 Å². The second-order valence-corrected chi connectivity index (χ2v) is 5.53. The van der Waals surface area contributed by atoms with Crippen LogP contribution in [0.5, 0.6) is 0 Å². The van der Waals surface area contributed by atoms with E-state index in [0.29, 0.717) is 4.47 Å². The molecule has 0 amide bonds. The van der Waals surface area contributed by atoms with E-state index in [4.69, 9.17) is 0 Å². The number of ketones is 1. The zero-order valence-corrected chi connectivity index (χ0v) is 11.1. The molecule has 98 valence electrons. The maximum atomic E-state index is 12.8. The lowest BCUT2D eigenvalue weighted by Crippen LogP contribution is -2.19. The van der Waals surface area contributed by atoms with Crippen molar-refractivity contribution in [3.8, 4) is 0 Å². The third kappa shape index (κ3) is 2.94. The van der Waals surface area contributed by atoms with E-state index in [1.165, 1.54) is 12.1 Å². The van der Waals surface area contributed by atoms with Crippen LogP contribution in [-0.2, 0) is 6.18 Å². The van der Waals surface area contributed by atoms with Gasteiger partial charge in [-0.1, -0.05) is 35.2 Å². The van der Waals surface area contributed by atoms with E-state index in [-0.39, 0.29) is 17.9 Å². The van der Waals surface area contributed by atoms with Crippen molar-refractivity contribution in [3.63, 3.8) is 0 Å². The van der Waals surface area contributed by atoms with Gasteiger partial charge in [0.25, 0.3) is 0 Å². The van der Waals surface area contributed by atoms with Crippen molar-refractivity contribution >= 4 is 21.7 Å². The van der Waals surface area contributed by atoms with Crippen LogP contribution in [0.25, 0.3) is 0 Å². The van der Waals surface area contributed by atoms with Crippen molar-refractivity contribution in [2.75, 3.05) is 0 Å². The first-order valence-corrected chi connectivity index (χ1v) is 6.57. The average molecular weight is 321 g/mol. The Balaban J connectivity index is 2.28. The van der Waals surface area contributed by atoms with Gasteiger partial charge in [-0.25, -0.2) is 0 Å². The summed E-state index contributed by atoms with van der Waals surface area (Å²) in [7, 11) is 0. The fourth-order valence-electron chi connectivity index (χ4n) is 2.06. The van der Waals surface area contributed by atoms with Crippen LogP contribution in [0.4, 0.5) is 13.2 Å². The van der Waals surface area contributed by atoms with Gasteiger partial charge in [0.1, 0.15) is 0 Å². The van der Waals surface area contributed by atoms with Crippen molar-refractivity contribution in [2.24, 2.45) is 5.92 Å². The van der Waals surface area contributed by atoms with Crippen molar-refractivity contribution in [1.29, 1.82) is 0 Å². The Kier molecular flexibility index (Phi) is 3.80. The zero-order chi connectivity index (χ0) is 13.3. The molecule has 0 unspecified atom stereocenters. The Labute approximate surface area is 112 Å². The third-order valence-corrected chi connectivity index (χ3v) is 3.78. The zero-order valence-electron chi connectivity index (χ0n) is 9.56. The molecular formula is C13H12BrF3O. The number of rotatable bonds is 3. The van der Waals surface area contributed by atoms with E-state index < -0.39 is 17.5 Å². The summed E-state index contributed by atoms with van der Waals surface area (Å²) < 4.78 is 38.9. The maximum Gasteiger partial charge on any atom is 0.417 e. The number of halogens is 4. The molecule has 0 saturated heterocycles. The number of hydrogen-bond donors (Lipinski definition) is 0. The monoisotopic (exact) mass is 320 g/mol. The summed E-state index contributed by atoms with van der Waals surface area (Å²) in [6, 6.07) is 3.70. The molecule has 5 heteroatoms. The minimum absolute atomic E-state index is 0.211. The lowest BCUT2D eigenvalue weighted by molar-refractivity contribution is -0.138. The van der Waals surface area contributed by atoms with E-state index in [0.717, 1.165) is 25.3 Å². The Bertz CT molecular complexity index is 464. The molecule has 0 aromatic heterocycles. The fourth-order valence-corrected chi connectivity index (χ4v) is 2.42. The second kappa shape index (κ2) is 5.03. The topological polar surface area (TPSA) is 17.1 Å². The van der Waals surface area contributed by atoms with E-state index in [9.17, 15) is 18.0 Å². The summed E-state index contributed by atoms with van der Waals surface area (Å²) in [5.41, 5.74) is -1.06. The molecule has 18 heavy (non-hydrogen) atoms. The highest BCUT2D eigenvalue weighted by molar-refractivity contribution is 9.10. The lowest BCUT2D eigenvalue weighted by atomic mass is 9.80. The van der Waals surface area contributed by atoms with Gasteiger partial charge in [0.2, 0.25) is 0 Å². The van der Waals surface area contributed by atoms with Crippen LogP contribution in [-0.4, -0.2) is 5.78 Å². The van der Waals surface area contributed by atoms with Crippen molar-refractivity contribution in [2.45, 2.75) is 31.9 Å². The van der Waals surface area contributed by atoms with Crippen molar-refractivity contribution in [3.05, 3.63) is 33.8 Å². The number of Topliss-reactive ketones (excluding diaryl/α,β-unsaturated/α-hetero) is 1. The summed E-state index contributed by atoms with van der Waals surface area (Å²) in [5.74, 6) is -0.137. The Morgan fingerprint density at radius 3 is 2.50 bits per heavy atom. The number of carbonyl (C=O) groups is 1. The summed E-state index contributed by atoms with van der Waals surface area (Å²) >= 11 is 3.00. The largest absolute Gasteiger partial charge is 0.417 e. The quantitative estimate of drug-likeness (QED) is 0.728. The molecule has 0 aliphatic heterocycles. The van der Waals surface area contributed by atoms with Gasteiger partial charge in [0, 0.05) is 16.5 Å². The van der Waals surface area contributed by atoms with E-state index in [1.54, 1.807) is 0 Å². The van der Waals surface area contributed by atoms with Crippen molar-refractivity contribution in [1.82, 2.24) is 0 Å². The minimum atomic E-state index is -4.49. The molecule has 1 aromatic rings. The first-order valence-electron chi connectivity index (χ1n) is 5.78. The SMILES string of the molecule is O=C(CC1CCC1)c1ccc(Br)cc1C(F)(F)F. The van der Waals surface area contributed by atoms with Gasteiger partial charge in [0.15, 0.2) is 5.78 Å². The maximum absolute atomic E-state index is 12.8. The summed E-state index contributed by atoms with van der Waals surface area (Å²) in [6.45, 7) is 0. The van der Waals surface area contributed by atoms with Crippen LogP contribution in [0.3, 0.4) is 0 Å². The third-order valence-electron chi connectivity index (χ3n) is 3.29. The molecule has 0 spiro atoms. The van der Waals surface area contributed by atoms with Gasteiger partial charge < -0.3 is 0 Å². The first kappa shape index (κ1) is 13.6. The molecule has 1 fully saturated rings. The highest BCUT2D eigenvalue weighted by Gasteiger charge is 2.35. The molecule has 2 rings (SSSR count). The molecule has 0 radical (unpaired) electrons. The lowest BCUT2D eigenvalue weighted by Gasteiger charge is -2.25. The highest BCUT2D eigenvalue weighted by Crippen LogP contribution is 2.36. The van der Waals surface area contributed by atoms with E-state index >= 15 is 0 Å². The van der Waals surface area contributed by atoms with Crippen LogP contribution >= 0.6 is 15.9 Å². The van der Waals surface area contributed by atoms with Gasteiger partial charge in [-0.3, -0.25) is 4.79 Å². The second-order valence-electron chi connectivity index (χ2n) is 4.61. The molecule has 1 aliphatic carbocycles.